The summed E-state index contributed by atoms with van der Waals surface area (Å²) < 4.78 is 13.2. The Kier molecular flexibility index (Phi) is 7.12. The van der Waals surface area contributed by atoms with E-state index in [1.807, 2.05) is 0 Å². The highest BCUT2D eigenvalue weighted by Gasteiger charge is 2.31. The third-order valence-corrected chi connectivity index (χ3v) is 6.77. The second-order valence-electron chi connectivity index (χ2n) is 8.03. The SMILES string of the molecule is C[C@H](NC(=O)c1ccc(F)cc1)[C@@H](c1cccs1)N1CCN(Cc2ccccc2)CC1. The molecule has 0 radical (unpaired) electrons. The van der Waals surface area contributed by atoms with Gasteiger partial charge in [-0.15, -0.1) is 11.3 Å². The fourth-order valence-electron chi connectivity index (χ4n) is 4.21. The van der Waals surface area contributed by atoms with Gasteiger partial charge in [-0.1, -0.05) is 36.4 Å². The molecular formula is C25H28FN3OS. The van der Waals surface area contributed by atoms with Gasteiger partial charge < -0.3 is 5.32 Å². The van der Waals surface area contributed by atoms with E-state index in [2.05, 4.69) is 69.9 Å². The number of amides is 1. The predicted octanol–water partition coefficient (Wildman–Crippen LogP) is 4.56. The van der Waals surface area contributed by atoms with Crippen LogP contribution in [0, 0.1) is 5.82 Å². The Bertz CT molecular complexity index is 954. The lowest BCUT2D eigenvalue weighted by Gasteiger charge is -2.41. The molecule has 4 nitrogen and oxygen atoms in total. The van der Waals surface area contributed by atoms with Gasteiger partial charge in [0, 0.05) is 49.2 Å². The minimum Gasteiger partial charge on any atom is -0.348 e. The number of carbonyl (C=O) groups is 1. The average Bonchev–Trinajstić information content (AvgIpc) is 3.30. The zero-order valence-corrected chi connectivity index (χ0v) is 18.5. The number of carbonyl (C=O) groups excluding carboxylic acids is 1. The first-order valence-electron chi connectivity index (χ1n) is 10.7. The van der Waals surface area contributed by atoms with E-state index in [9.17, 15) is 9.18 Å². The van der Waals surface area contributed by atoms with Gasteiger partial charge in [-0.3, -0.25) is 14.6 Å². The summed E-state index contributed by atoms with van der Waals surface area (Å²) in [7, 11) is 0. The van der Waals surface area contributed by atoms with Crippen LogP contribution >= 0.6 is 11.3 Å². The number of halogens is 1. The molecule has 1 fully saturated rings. The molecule has 162 valence electrons. The van der Waals surface area contributed by atoms with E-state index in [1.165, 1.54) is 34.7 Å². The topological polar surface area (TPSA) is 35.6 Å². The fourth-order valence-corrected chi connectivity index (χ4v) is 5.18. The van der Waals surface area contributed by atoms with Crippen molar-refractivity contribution in [3.05, 3.63) is 93.9 Å². The largest absolute Gasteiger partial charge is 0.348 e. The maximum absolute atomic E-state index is 13.2. The molecule has 1 aliphatic rings. The van der Waals surface area contributed by atoms with Gasteiger partial charge in [0.05, 0.1) is 6.04 Å². The molecule has 0 spiro atoms. The Morgan fingerprint density at radius 3 is 2.35 bits per heavy atom. The van der Waals surface area contributed by atoms with E-state index >= 15 is 0 Å². The molecule has 0 aliphatic carbocycles. The summed E-state index contributed by atoms with van der Waals surface area (Å²) in [5.41, 5.74) is 1.82. The van der Waals surface area contributed by atoms with Crippen LogP contribution in [0.15, 0.2) is 72.1 Å². The number of thiophene rings is 1. The van der Waals surface area contributed by atoms with Crippen molar-refractivity contribution in [2.24, 2.45) is 0 Å². The molecule has 0 bridgehead atoms. The van der Waals surface area contributed by atoms with E-state index in [1.54, 1.807) is 11.3 Å². The molecule has 4 rings (SSSR count). The predicted molar refractivity (Wildman–Crippen MR) is 124 cm³/mol. The number of hydrogen-bond acceptors (Lipinski definition) is 4. The smallest absolute Gasteiger partial charge is 0.251 e. The Hall–Kier alpha value is -2.54. The highest BCUT2D eigenvalue weighted by atomic mass is 32.1. The molecule has 1 amide bonds. The number of hydrogen-bond donors (Lipinski definition) is 1. The van der Waals surface area contributed by atoms with Crippen molar-refractivity contribution >= 4 is 17.2 Å². The first-order chi connectivity index (χ1) is 15.1. The van der Waals surface area contributed by atoms with E-state index in [0.29, 0.717) is 5.56 Å². The van der Waals surface area contributed by atoms with Crippen molar-refractivity contribution in [2.75, 3.05) is 26.2 Å². The van der Waals surface area contributed by atoms with Crippen LogP contribution in [-0.2, 0) is 6.54 Å². The van der Waals surface area contributed by atoms with Gasteiger partial charge in [-0.25, -0.2) is 4.39 Å². The summed E-state index contributed by atoms with van der Waals surface area (Å²) in [6.07, 6.45) is 0. The third-order valence-electron chi connectivity index (χ3n) is 5.82. The first-order valence-corrected chi connectivity index (χ1v) is 11.6. The second kappa shape index (κ2) is 10.2. The maximum atomic E-state index is 13.2. The molecule has 1 saturated heterocycles. The molecule has 0 unspecified atom stereocenters. The fraction of sp³-hybridized carbons (Fsp3) is 0.320. The number of rotatable bonds is 7. The van der Waals surface area contributed by atoms with Crippen molar-refractivity contribution in [1.29, 1.82) is 0 Å². The summed E-state index contributed by atoms with van der Waals surface area (Å²) in [5.74, 6) is -0.508. The van der Waals surface area contributed by atoms with Gasteiger partial charge >= 0.3 is 0 Å². The maximum Gasteiger partial charge on any atom is 0.251 e. The van der Waals surface area contributed by atoms with Crippen molar-refractivity contribution in [2.45, 2.75) is 25.6 Å². The van der Waals surface area contributed by atoms with Crippen LogP contribution in [0.4, 0.5) is 4.39 Å². The number of piperazine rings is 1. The normalized spacial score (nSPS) is 17.2. The van der Waals surface area contributed by atoms with Gasteiger partial charge in [-0.2, -0.15) is 0 Å². The van der Waals surface area contributed by atoms with E-state index in [0.717, 1.165) is 32.7 Å². The van der Waals surface area contributed by atoms with Crippen molar-refractivity contribution < 1.29 is 9.18 Å². The molecule has 0 saturated carbocycles. The quantitative estimate of drug-likeness (QED) is 0.588. The summed E-state index contributed by atoms with van der Waals surface area (Å²) in [4.78, 5) is 18.9. The third kappa shape index (κ3) is 5.58. The Morgan fingerprint density at radius 1 is 1.00 bits per heavy atom. The molecule has 1 aliphatic heterocycles. The van der Waals surface area contributed by atoms with Crippen LogP contribution in [0.3, 0.4) is 0 Å². The first kappa shape index (κ1) is 21.7. The Labute approximate surface area is 187 Å². The monoisotopic (exact) mass is 437 g/mol. The number of nitrogens with one attached hydrogen (secondary N) is 1. The zero-order chi connectivity index (χ0) is 21.6. The minimum absolute atomic E-state index is 0.0723. The number of nitrogens with zero attached hydrogens (tertiary/aromatic N) is 2. The minimum atomic E-state index is -0.338. The van der Waals surface area contributed by atoms with Crippen molar-refractivity contribution in [1.82, 2.24) is 15.1 Å². The number of benzene rings is 2. The standard InChI is InChI=1S/C25H28FN3OS/c1-19(27-25(30)21-9-11-22(26)12-10-21)24(23-8-5-17-31-23)29-15-13-28(14-16-29)18-20-6-3-2-4-7-20/h2-12,17,19,24H,13-16,18H2,1H3,(H,27,30)/t19-,24-/m0/s1. The molecular weight excluding hydrogens is 409 g/mol. The molecule has 31 heavy (non-hydrogen) atoms. The van der Waals surface area contributed by atoms with E-state index in [4.69, 9.17) is 0 Å². The van der Waals surface area contributed by atoms with Crippen LogP contribution in [-0.4, -0.2) is 47.9 Å². The molecule has 3 aromatic rings. The van der Waals surface area contributed by atoms with Gasteiger partial charge in [0.15, 0.2) is 0 Å². The highest BCUT2D eigenvalue weighted by Crippen LogP contribution is 2.29. The van der Waals surface area contributed by atoms with Gasteiger partial charge in [0.1, 0.15) is 5.82 Å². The molecule has 1 aromatic heterocycles. The van der Waals surface area contributed by atoms with Crippen LogP contribution < -0.4 is 5.32 Å². The van der Waals surface area contributed by atoms with Crippen LogP contribution in [0.2, 0.25) is 0 Å². The highest BCUT2D eigenvalue weighted by molar-refractivity contribution is 7.10. The lowest BCUT2D eigenvalue weighted by molar-refractivity contribution is 0.0714. The van der Waals surface area contributed by atoms with Crippen LogP contribution in [0.25, 0.3) is 0 Å². The lowest BCUT2D eigenvalue weighted by Crippen LogP contribution is -2.52. The summed E-state index contributed by atoms with van der Waals surface area (Å²) in [6, 6.07) is 20.5. The molecule has 6 heteroatoms. The molecule has 2 heterocycles. The average molecular weight is 438 g/mol. The van der Waals surface area contributed by atoms with Crippen LogP contribution in [0.1, 0.15) is 33.8 Å². The van der Waals surface area contributed by atoms with E-state index < -0.39 is 0 Å². The molecule has 2 aromatic carbocycles. The molecule has 2 atom stereocenters. The Balaban J connectivity index is 1.41. The Morgan fingerprint density at radius 2 is 1.71 bits per heavy atom. The van der Waals surface area contributed by atoms with Crippen molar-refractivity contribution in [3.63, 3.8) is 0 Å². The van der Waals surface area contributed by atoms with E-state index in [-0.39, 0.29) is 23.8 Å². The zero-order valence-electron chi connectivity index (χ0n) is 17.7. The van der Waals surface area contributed by atoms with Crippen LogP contribution in [0.5, 0.6) is 0 Å². The van der Waals surface area contributed by atoms with Gasteiger partial charge in [0.25, 0.3) is 5.91 Å². The van der Waals surface area contributed by atoms with Crippen molar-refractivity contribution in [3.8, 4) is 0 Å². The summed E-state index contributed by atoms with van der Waals surface area (Å²) in [5, 5.41) is 5.23. The second-order valence-corrected chi connectivity index (χ2v) is 9.01. The molecule has 1 N–H and O–H groups in total. The van der Waals surface area contributed by atoms with Gasteiger partial charge in [-0.05, 0) is 48.2 Å². The lowest BCUT2D eigenvalue weighted by atomic mass is 10.0. The summed E-state index contributed by atoms with van der Waals surface area (Å²) in [6.45, 7) is 6.92. The summed E-state index contributed by atoms with van der Waals surface area (Å²) >= 11 is 1.73. The van der Waals surface area contributed by atoms with Gasteiger partial charge in [0.2, 0.25) is 0 Å².